The molecule has 2 rings (SSSR count). The molecule has 15 heavy (non-hydrogen) atoms. The molecule has 78 valence electrons. The van der Waals surface area contributed by atoms with E-state index >= 15 is 0 Å². The lowest BCUT2D eigenvalue weighted by Crippen LogP contribution is -2.04. The number of ketones is 1. The van der Waals surface area contributed by atoms with Gasteiger partial charge in [0.15, 0.2) is 5.78 Å². The Kier molecular flexibility index (Phi) is 2.31. The number of hydrogen-bond donors (Lipinski definition) is 1. The van der Waals surface area contributed by atoms with Crippen molar-refractivity contribution in [1.82, 2.24) is 0 Å². The van der Waals surface area contributed by atoms with E-state index < -0.39 is 5.97 Å². The van der Waals surface area contributed by atoms with E-state index in [0.717, 1.165) is 12.0 Å². The Morgan fingerprint density at radius 2 is 2.13 bits per heavy atom. The van der Waals surface area contributed by atoms with Crippen molar-refractivity contribution in [2.45, 2.75) is 26.2 Å². The van der Waals surface area contributed by atoms with Crippen molar-refractivity contribution in [2.75, 3.05) is 0 Å². The molecule has 1 N–H and O–H groups in total. The van der Waals surface area contributed by atoms with E-state index in [1.165, 1.54) is 0 Å². The minimum absolute atomic E-state index is 0.0720. The van der Waals surface area contributed by atoms with Gasteiger partial charge in [-0.15, -0.1) is 0 Å². The van der Waals surface area contributed by atoms with Crippen LogP contribution in [0.1, 0.15) is 45.2 Å². The molecule has 0 amide bonds. The Labute approximate surface area is 87.7 Å². The fourth-order valence-corrected chi connectivity index (χ4v) is 2.02. The molecule has 0 aromatic heterocycles. The summed E-state index contributed by atoms with van der Waals surface area (Å²) in [7, 11) is 0. The summed E-state index contributed by atoms with van der Waals surface area (Å²) in [5.74, 6) is -0.862. The number of fused-ring (bicyclic) bond motifs is 1. The molecular formula is C12H12O3. The van der Waals surface area contributed by atoms with Crippen molar-refractivity contribution in [3.8, 4) is 0 Å². The number of aryl methyl sites for hydroxylation is 1. The minimum Gasteiger partial charge on any atom is -0.478 e. The zero-order chi connectivity index (χ0) is 11.0. The third-order valence-electron chi connectivity index (χ3n) is 2.85. The number of Topliss-reactive ketones (excluding diaryl/α,β-unsaturated/α-hetero) is 1. The van der Waals surface area contributed by atoms with Gasteiger partial charge in [-0.05, 0) is 36.1 Å². The number of carbonyl (C=O) groups excluding carboxylic acids is 1. The molecule has 1 aliphatic carbocycles. The first kappa shape index (κ1) is 9.90. The van der Waals surface area contributed by atoms with E-state index in [2.05, 4.69) is 0 Å². The molecule has 3 nitrogen and oxygen atoms in total. The molecule has 0 saturated heterocycles. The highest BCUT2D eigenvalue weighted by Gasteiger charge is 2.25. The quantitative estimate of drug-likeness (QED) is 0.802. The van der Waals surface area contributed by atoms with E-state index in [1.807, 2.05) is 13.0 Å². The van der Waals surface area contributed by atoms with Crippen LogP contribution in [-0.4, -0.2) is 16.9 Å². The number of hydrogen-bond acceptors (Lipinski definition) is 2. The molecule has 0 heterocycles. The SMILES string of the molecule is CCc1cc(C(=O)O)c2c(c1)C(=O)CC2. The molecule has 0 spiro atoms. The smallest absolute Gasteiger partial charge is 0.335 e. The molecule has 1 aliphatic rings. The lowest BCUT2D eigenvalue weighted by atomic mass is 9.98. The summed E-state index contributed by atoms with van der Waals surface area (Å²) in [6.45, 7) is 1.95. The highest BCUT2D eigenvalue weighted by atomic mass is 16.4. The summed E-state index contributed by atoms with van der Waals surface area (Å²) in [5, 5.41) is 9.04. The molecule has 1 aromatic rings. The van der Waals surface area contributed by atoms with E-state index in [0.29, 0.717) is 29.5 Å². The number of benzene rings is 1. The van der Waals surface area contributed by atoms with Gasteiger partial charge in [0.05, 0.1) is 5.56 Å². The van der Waals surface area contributed by atoms with E-state index in [4.69, 9.17) is 5.11 Å². The van der Waals surface area contributed by atoms with Crippen LogP contribution in [0.25, 0.3) is 0 Å². The second-order valence-electron chi connectivity index (χ2n) is 3.75. The summed E-state index contributed by atoms with van der Waals surface area (Å²) in [6.07, 6.45) is 1.77. The Morgan fingerprint density at radius 1 is 1.40 bits per heavy atom. The molecule has 0 saturated carbocycles. The fraction of sp³-hybridized carbons (Fsp3) is 0.333. The van der Waals surface area contributed by atoms with Gasteiger partial charge in [-0.25, -0.2) is 4.79 Å². The maximum absolute atomic E-state index is 11.5. The molecule has 0 fully saturated rings. The average Bonchev–Trinajstić information content (AvgIpc) is 2.59. The van der Waals surface area contributed by atoms with Gasteiger partial charge in [-0.3, -0.25) is 4.79 Å². The van der Waals surface area contributed by atoms with Crippen LogP contribution in [0.3, 0.4) is 0 Å². The molecule has 0 aliphatic heterocycles. The Morgan fingerprint density at radius 3 is 2.73 bits per heavy atom. The first-order valence-electron chi connectivity index (χ1n) is 5.05. The number of rotatable bonds is 2. The fourth-order valence-electron chi connectivity index (χ4n) is 2.02. The molecule has 3 heteroatoms. The summed E-state index contributed by atoms with van der Waals surface area (Å²) in [5.41, 5.74) is 2.55. The predicted molar refractivity (Wildman–Crippen MR) is 55.4 cm³/mol. The minimum atomic E-state index is -0.934. The molecule has 1 aromatic carbocycles. The summed E-state index contributed by atoms with van der Waals surface area (Å²) >= 11 is 0. The molecule has 0 unspecified atom stereocenters. The standard InChI is InChI=1S/C12H12O3/c1-2-7-5-9-8(3-4-11(9)13)10(6-7)12(14)15/h5-6H,2-4H2,1H3,(H,14,15). The maximum Gasteiger partial charge on any atom is 0.335 e. The molecular weight excluding hydrogens is 192 g/mol. The topological polar surface area (TPSA) is 54.4 Å². The first-order chi connectivity index (χ1) is 7.13. The van der Waals surface area contributed by atoms with Crippen LogP contribution in [0.4, 0.5) is 0 Å². The normalized spacial score (nSPS) is 14.1. The van der Waals surface area contributed by atoms with Crippen LogP contribution in [0.2, 0.25) is 0 Å². The van der Waals surface area contributed by atoms with Gasteiger partial charge in [0.25, 0.3) is 0 Å². The first-order valence-corrected chi connectivity index (χ1v) is 5.05. The van der Waals surface area contributed by atoms with Crippen LogP contribution in [0.15, 0.2) is 12.1 Å². The van der Waals surface area contributed by atoms with Gasteiger partial charge in [0, 0.05) is 12.0 Å². The Hall–Kier alpha value is -1.64. The van der Waals surface area contributed by atoms with Gasteiger partial charge in [-0.1, -0.05) is 6.92 Å². The van der Waals surface area contributed by atoms with Crippen LogP contribution >= 0.6 is 0 Å². The van der Waals surface area contributed by atoms with Crippen molar-refractivity contribution in [3.63, 3.8) is 0 Å². The second-order valence-corrected chi connectivity index (χ2v) is 3.75. The van der Waals surface area contributed by atoms with Crippen molar-refractivity contribution in [2.24, 2.45) is 0 Å². The van der Waals surface area contributed by atoms with Gasteiger partial charge in [-0.2, -0.15) is 0 Å². The predicted octanol–water partition coefficient (Wildman–Crippen LogP) is 2.08. The summed E-state index contributed by atoms with van der Waals surface area (Å²) in [6, 6.07) is 3.51. The van der Waals surface area contributed by atoms with Gasteiger partial charge in [0.2, 0.25) is 0 Å². The monoisotopic (exact) mass is 204 g/mol. The van der Waals surface area contributed by atoms with Crippen LogP contribution in [-0.2, 0) is 12.8 Å². The highest BCUT2D eigenvalue weighted by molar-refractivity contribution is 6.04. The zero-order valence-electron chi connectivity index (χ0n) is 8.54. The number of carboxylic acid groups (broad SMARTS) is 1. The lowest BCUT2D eigenvalue weighted by molar-refractivity contribution is 0.0695. The van der Waals surface area contributed by atoms with E-state index in [1.54, 1.807) is 6.07 Å². The molecule has 0 bridgehead atoms. The van der Waals surface area contributed by atoms with E-state index in [-0.39, 0.29) is 5.78 Å². The maximum atomic E-state index is 11.5. The third-order valence-corrected chi connectivity index (χ3v) is 2.85. The number of carbonyl (C=O) groups is 2. The van der Waals surface area contributed by atoms with Crippen molar-refractivity contribution in [3.05, 3.63) is 34.4 Å². The second kappa shape index (κ2) is 3.50. The molecule has 0 atom stereocenters. The van der Waals surface area contributed by atoms with Gasteiger partial charge >= 0.3 is 5.97 Å². The van der Waals surface area contributed by atoms with Crippen molar-refractivity contribution < 1.29 is 14.7 Å². The summed E-state index contributed by atoms with van der Waals surface area (Å²) in [4.78, 5) is 22.5. The Balaban J connectivity index is 2.65. The van der Waals surface area contributed by atoms with Gasteiger partial charge in [0.1, 0.15) is 0 Å². The third kappa shape index (κ3) is 1.54. The van der Waals surface area contributed by atoms with Gasteiger partial charge < -0.3 is 5.11 Å². The van der Waals surface area contributed by atoms with Crippen LogP contribution in [0, 0.1) is 0 Å². The van der Waals surface area contributed by atoms with Crippen molar-refractivity contribution >= 4 is 11.8 Å². The highest BCUT2D eigenvalue weighted by Crippen LogP contribution is 2.27. The summed E-state index contributed by atoms with van der Waals surface area (Å²) < 4.78 is 0. The van der Waals surface area contributed by atoms with Crippen LogP contribution < -0.4 is 0 Å². The lowest BCUT2D eigenvalue weighted by Gasteiger charge is -2.06. The largest absolute Gasteiger partial charge is 0.478 e. The molecule has 0 radical (unpaired) electrons. The number of carboxylic acids is 1. The zero-order valence-corrected chi connectivity index (χ0v) is 8.54. The number of aromatic carboxylic acids is 1. The Bertz CT molecular complexity index is 446. The van der Waals surface area contributed by atoms with Crippen molar-refractivity contribution in [1.29, 1.82) is 0 Å². The van der Waals surface area contributed by atoms with E-state index in [9.17, 15) is 9.59 Å². The average molecular weight is 204 g/mol. The van der Waals surface area contributed by atoms with Crippen LogP contribution in [0.5, 0.6) is 0 Å².